The molecule has 0 spiro atoms. The molecule has 0 amide bonds. The number of hydrogen-bond acceptors (Lipinski definition) is 18. The lowest BCUT2D eigenvalue weighted by molar-refractivity contribution is 0.102. The third-order valence-corrected chi connectivity index (χ3v) is 16.8. The smallest absolute Gasteiger partial charge is 0.224 e. The van der Waals surface area contributed by atoms with Gasteiger partial charge in [-0.1, -0.05) is 0 Å². The number of carbonyl (C=O) groups excluding carboxylic acids is 2. The van der Waals surface area contributed by atoms with E-state index in [1.165, 1.54) is 59.2 Å². The first-order valence-corrected chi connectivity index (χ1v) is 29.6. The molecule has 2 saturated heterocycles. The van der Waals surface area contributed by atoms with Crippen LogP contribution in [0.4, 0.5) is 41.1 Å². The highest BCUT2D eigenvalue weighted by molar-refractivity contribution is 7.89. The van der Waals surface area contributed by atoms with E-state index in [9.17, 15) is 44.0 Å². The molecule has 77 heavy (non-hydrogen) atoms. The molecule has 27 heteroatoms. The number of likely N-dealkylation sites (tertiary alicyclic amines) is 1. The van der Waals surface area contributed by atoms with E-state index in [2.05, 4.69) is 50.2 Å². The molecule has 20 nitrogen and oxygen atoms in total. The van der Waals surface area contributed by atoms with E-state index in [0.717, 1.165) is 50.1 Å². The SMILES string of the molecule is C1CCNC1.COc1ccc(F)c(F)c1C(=O)c1cnc(NC2CCC(NS(=O)(=O)CCCCl)CC2)nc1N.COc1ccc(F)c(F)c1C(=O)c1cnc(NC2CCC(NS(=O)(=O)CCCN3CCCC3)CC2)nc1N. The first-order chi connectivity index (χ1) is 36.8. The Balaban J connectivity index is 0.000000229. The predicted molar refractivity (Wildman–Crippen MR) is 286 cm³/mol. The number of nitrogens with one attached hydrogen (secondary N) is 5. The molecule has 4 fully saturated rings. The zero-order chi connectivity index (χ0) is 55.7. The number of hydrogen-bond donors (Lipinski definition) is 7. The molecular weight excluding hydrogens is 1070 g/mol. The number of anilines is 4. The van der Waals surface area contributed by atoms with Crippen molar-refractivity contribution < 1.29 is 53.5 Å². The number of sulfonamides is 2. The van der Waals surface area contributed by atoms with Crippen molar-refractivity contribution in [1.82, 2.24) is 39.6 Å². The molecule has 8 rings (SSSR count). The Labute approximate surface area is 452 Å². The molecule has 2 aliphatic carbocycles. The summed E-state index contributed by atoms with van der Waals surface area (Å²) in [6.45, 7) is 5.42. The number of benzene rings is 2. The maximum absolute atomic E-state index is 14.4. The molecule has 0 bridgehead atoms. The molecule has 0 radical (unpaired) electrons. The van der Waals surface area contributed by atoms with E-state index >= 15 is 0 Å². The van der Waals surface area contributed by atoms with Gasteiger partial charge in [-0.05, 0) is 147 Å². The van der Waals surface area contributed by atoms with Crippen LogP contribution in [-0.4, -0.2) is 142 Å². The quantitative estimate of drug-likeness (QED) is 0.0289. The first-order valence-electron chi connectivity index (χ1n) is 25.7. The van der Waals surface area contributed by atoms with Crippen LogP contribution < -0.4 is 46.3 Å². The predicted octanol–water partition coefficient (Wildman–Crippen LogP) is 5.92. The fraction of sp³-hybridized carbons (Fsp3) is 0.560. The molecular formula is C50H69ClF4N12O8S2. The number of nitrogens with two attached hydrogens (primary N) is 2. The third kappa shape index (κ3) is 17.7. The Morgan fingerprint density at radius 3 is 1.42 bits per heavy atom. The van der Waals surface area contributed by atoms with Gasteiger partial charge in [0.15, 0.2) is 23.3 Å². The van der Waals surface area contributed by atoms with Gasteiger partial charge < -0.3 is 41.8 Å². The molecule has 2 aromatic carbocycles. The van der Waals surface area contributed by atoms with Crippen LogP contribution in [0.3, 0.4) is 0 Å². The molecule has 424 valence electrons. The van der Waals surface area contributed by atoms with Crippen LogP contribution in [0.5, 0.6) is 11.5 Å². The van der Waals surface area contributed by atoms with Crippen molar-refractivity contribution in [1.29, 1.82) is 0 Å². The summed E-state index contributed by atoms with van der Waals surface area (Å²) in [5, 5.41) is 9.51. The number of ketones is 2. The maximum Gasteiger partial charge on any atom is 0.224 e. The number of nitrogen functional groups attached to an aromatic ring is 2. The van der Waals surface area contributed by atoms with Crippen LogP contribution in [0.25, 0.3) is 0 Å². The van der Waals surface area contributed by atoms with E-state index in [1.54, 1.807) is 0 Å². The Morgan fingerprint density at radius 2 is 1.05 bits per heavy atom. The van der Waals surface area contributed by atoms with Crippen molar-refractivity contribution in [2.45, 2.75) is 114 Å². The van der Waals surface area contributed by atoms with Crippen molar-refractivity contribution in [3.8, 4) is 11.5 Å². The summed E-state index contributed by atoms with van der Waals surface area (Å²) in [4.78, 5) is 44.4. The number of alkyl halides is 1. The lowest BCUT2D eigenvalue weighted by Gasteiger charge is -2.29. The second-order valence-electron chi connectivity index (χ2n) is 19.2. The minimum Gasteiger partial charge on any atom is -0.496 e. The lowest BCUT2D eigenvalue weighted by atomic mass is 9.92. The number of carbonyl (C=O) groups is 2. The van der Waals surface area contributed by atoms with Gasteiger partial charge >= 0.3 is 0 Å². The number of ether oxygens (including phenoxy) is 2. The van der Waals surface area contributed by atoms with Gasteiger partial charge in [0, 0.05) is 42.4 Å². The normalized spacial score (nSPS) is 19.8. The van der Waals surface area contributed by atoms with Crippen molar-refractivity contribution >= 4 is 66.7 Å². The standard InChI is InChI=1S/C25H34F2N6O4S.C21H26ClF2N5O4S.C4H9N/c1-37-20-10-9-19(26)22(27)21(20)23(34)18-15-29-25(31-24(18)28)30-16-5-7-17(8-6-16)32-38(35,36)14-4-13-33-11-2-3-12-33;1-33-16-8-7-15(23)18(24)17(16)19(30)14-11-26-21(28-20(14)25)27-12-3-5-13(6-4-12)29-34(31,32)10-2-9-22;1-2-4-5-3-1/h9-10,15-17,32H,2-8,11-14H2,1H3,(H3,28,29,30,31);7-8,11-13,29H,2-6,9-10H2,1H3,(H3,25,26,27,28);5H,1-4H2. The zero-order valence-corrected chi connectivity index (χ0v) is 45.6. The lowest BCUT2D eigenvalue weighted by Crippen LogP contribution is -2.41. The maximum atomic E-state index is 14.4. The largest absolute Gasteiger partial charge is 0.496 e. The summed E-state index contributed by atoms with van der Waals surface area (Å²) >= 11 is 5.57. The molecule has 4 aliphatic rings. The Kier molecular flexibility index (Phi) is 22.8. The summed E-state index contributed by atoms with van der Waals surface area (Å²) in [5.74, 6) is -6.74. The average Bonchev–Trinajstić information content (AvgIpc) is 4.17. The Hall–Kier alpha value is -5.51. The van der Waals surface area contributed by atoms with Crippen LogP contribution >= 0.6 is 11.6 Å². The number of methoxy groups -OCH3 is 2. The van der Waals surface area contributed by atoms with Crippen LogP contribution in [0, 0.1) is 23.3 Å². The fourth-order valence-corrected chi connectivity index (χ4v) is 12.5. The number of rotatable bonds is 21. The summed E-state index contributed by atoms with van der Waals surface area (Å²) < 4.78 is 121. The molecule has 2 aromatic heterocycles. The van der Waals surface area contributed by atoms with E-state index in [-0.39, 0.29) is 87.7 Å². The number of nitrogens with zero attached hydrogens (tertiary/aromatic N) is 5. The molecule has 0 unspecified atom stereocenters. The van der Waals surface area contributed by atoms with Crippen molar-refractivity contribution in [2.24, 2.45) is 0 Å². The molecule has 4 heterocycles. The second kappa shape index (κ2) is 28.9. The summed E-state index contributed by atoms with van der Waals surface area (Å²) in [7, 11) is -4.22. The van der Waals surface area contributed by atoms with E-state index in [0.29, 0.717) is 64.2 Å². The third-order valence-electron chi connectivity index (χ3n) is 13.5. The fourth-order valence-electron chi connectivity index (χ4n) is 9.43. The zero-order valence-electron chi connectivity index (χ0n) is 43.2. The van der Waals surface area contributed by atoms with E-state index < -0.39 is 66.0 Å². The monoisotopic (exact) mass is 1140 g/mol. The van der Waals surface area contributed by atoms with E-state index in [1.807, 2.05) is 0 Å². The van der Waals surface area contributed by atoms with Gasteiger partial charge in [-0.3, -0.25) is 9.59 Å². The van der Waals surface area contributed by atoms with Crippen LogP contribution in [0.1, 0.15) is 122 Å². The van der Waals surface area contributed by atoms with Gasteiger partial charge in [0.25, 0.3) is 0 Å². The highest BCUT2D eigenvalue weighted by Gasteiger charge is 2.30. The average molecular weight is 1140 g/mol. The van der Waals surface area contributed by atoms with Gasteiger partial charge in [0.2, 0.25) is 43.5 Å². The van der Waals surface area contributed by atoms with Crippen molar-refractivity contribution in [3.63, 3.8) is 0 Å². The summed E-state index contributed by atoms with van der Waals surface area (Å²) in [6.07, 6.45) is 13.8. The molecule has 9 N–H and O–H groups in total. The molecule has 2 saturated carbocycles. The summed E-state index contributed by atoms with van der Waals surface area (Å²) in [5.41, 5.74) is 10.3. The number of halogens is 5. The molecule has 4 aromatic rings. The number of aromatic nitrogens is 4. The van der Waals surface area contributed by atoms with Gasteiger partial charge in [-0.2, -0.15) is 9.97 Å². The van der Waals surface area contributed by atoms with Crippen molar-refractivity contribution in [3.05, 3.63) is 82.2 Å². The van der Waals surface area contributed by atoms with Gasteiger partial charge in [-0.25, -0.2) is 53.8 Å². The van der Waals surface area contributed by atoms with Gasteiger partial charge in [-0.15, -0.1) is 11.6 Å². The topological polar surface area (TPSA) is 288 Å². The van der Waals surface area contributed by atoms with Crippen LogP contribution in [-0.2, 0) is 20.0 Å². The summed E-state index contributed by atoms with van der Waals surface area (Å²) in [6, 6.07) is 3.73. The molecule has 2 aliphatic heterocycles. The Morgan fingerprint density at radius 1 is 0.649 bits per heavy atom. The first kappa shape index (κ1) is 60.7. The minimum atomic E-state index is -3.36. The van der Waals surface area contributed by atoms with Crippen LogP contribution in [0.2, 0.25) is 0 Å². The van der Waals surface area contributed by atoms with E-state index in [4.69, 9.17) is 32.5 Å². The highest BCUT2D eigenvalue weighted by atomic mass is 35.5. The second-order valence-corrected chi connectivity index (χ2v) is 23.3. The van der Waals surface area contributed by atoms with Crippen molar-refractivity contribution in [2.75, 3.05) is 86.4 Å². The Bertz CT molecular complexity index is 2850. The minimum absolute atomic E-state index is 0.00173. The van der Waals surface area contributed by atoms with Gasteiger partial charge in [0.1, 0.15) is 34.3 Å². The molecule has 0 atom stereocenters. The van der Waals surface area contributed by atoms with Crippen LogP contribution in [0.15, 0.2) is 36.7 Å². The van der Waals surface area contributed by atoms with Gasteiger partial charge in [0.05, 0.1) is 36.9 Å². The highest BCUT2D eigenvalue weighted by Crippen LogP contribution is 2.31.